The summed E-state index contributed by atoms with van der Waals surface area (Å²) in [4.78, 5) is 0. The molecule has 0 radical (unpaired) electrons. The fraction of sp³-hybridized carbons (Fsp3) is 0.625. The van der Waals surface area contributed by atoms with Gasteiger partial charge in [0.25, 0.3) is 0 Å². The van der Waals surface area contributed by atoms with Crippen molar-refractivity contribution in [2.45, 2.75) is 39.7 Å². The average Bonchev–Trinajstić information content (AvgIpc) is 2.42. The molecule has 1 unspecified atom stereocenters. The second-order valence-corrected chi connectivity index (χ2v) is 5.23. The largest absolute Gasteiger partial charge is 0.491 e. The fourth-order valence-corrected chi connectivity index (χ4v) is 1.69. The van der Waals surface area contributed by atoms with E-state index in [0.29, 0.717) is 19.1 Å². The third-order valence-corrected chi connectivity index (χ3v) is 3.08. The number of hydrogen-bond donors (Lipinski definition) is 1. The third kappa shape index (κ3) is 6.60. The predicted molar refractivity (Wildman–Crippen MR) is 79.4 cm³/mol. The van der Waals surface area contributed by atoms with Crippen LogP contribution in [0.25, 0.3) is 0 Å². The van der Waals surface area contributed by atoms with Gasteiger partial charge >= 0.3 is 0 Å². The van der Waals surface area contributed by atoms with E-state index in [2.05, 4.69) is 20.8 Å². The van der Waals surface area contributed by atoms with Gasteiger partial charge in [-0.1, -0.05) is 32.9 Å². The zero-order chi connectivity index (χ0) is 14.1. The van der Waals surface area contributed by atoms with E-state index in [0.717, 1.165) is 30.8 Å². The van der Waals surface area contributed by atoms with E-state index in [1.165, 1.54) is 0 Å². The van der Waals surface area contributed by atoms with Crippen LogP contribution in [-0.2, 0) is 4.74 Å². The summed E-state index contributed by atoms with van der Waals surface area (Å²) in [6, 6.07) is 8.12. The lowest BCUT2D eigenvalue weighted by molar-refractivity contribution is 0.0926. The van der Waals surface area contributed by atoms with Gasteiger partial charge in [-0.3, -0.25) is 0 Å². The summed E-state index contributed by atoms with van der Waals surface area (Å²) in [5.41, 5.74) is 7.12. The monoisotopic (exact) mass is 265 g/mol. The molecule has 0 saturated heterocycles. The van der Waals surface area contributed by atoms with Gasteiger partial charge in [0.1, 0.15) is 12.4 Å². The maximum Gasteiger partial charge on any atom is 0.119 e. The van der Waals surface area contributed by atoms with Crippen LogP contribution >= 0.6 is 0 Å². The van der Waals surface area contributed by atoms with Crippen molar-refractivity contribution in [2.24, 2.45) is 11.7 Å². The standard InChI is InChI=1S/C16H27NO2/c1-4-16(17)14-5-7-15(8-6-14)19-12-11-18-10-9-13(2)3/h5-8,13,16H,4,9-12,17H2,1-3H3. The highest BCUT2D eigenvalue weighted by Gasteiger charge is 2.02. The van der Waals surface area contributed by atoms with Gasteiger partial charge in [0.05, 0.1) is 6.61 Å². The summed E-state index contributed by atoms with van der Waals surface area (Å²) in [5.74, 6) is 1.57. The van der Waals surface area contributed by atoms with Crippen LogP contribution in [0.4, 0.5) is 0 Å². The Morgan fingerprint density at radius 1 is 1.05 bits per heavy atom. The highest BCUT2D eigenvalue weighted by Crippen LogP contribution is 2.18. The van der Waals surface area contributed by atoms with Crippen LogP contribution in [0.3, 0.4) is 0 Å². The Labute approximate surface area is 117 Å². The minimum atomic E-state index is 0.119. The predicted octanol–water partition coefficient (Wildman–Crippen LogP) is 3.54. The van der Waals surface area contributed by atoms with Gasteiger partial charge in [-0.05, 0) is 36.5 Å². The molecule has 2 N–H and O–H groups in total. The molecule has 0 heterocycles. The van der Waals surface area contributed by atoms with Crippen LogP contribution in [0.2, 0.25) is 0 Å². The molecule has 0 bridgehead atoms. The lowest BCUT2D eigenvalue weighted by atomic mass is 10.1. The van der Waals surface area contributed by atoms with Gasteiger partial charge in [-0.25, -0.2) is 0 Å². The van der Waals surface area contributed by atoms with Crippen molar-refractivity contribution in [3.05, 3.63) is 29.8 Å². The van der Waals surface area contributed by atoms with E-state index in [4.69, 9.17) is 15.2 Å². The second-order valence-electron chi connectivity index (χ2n) is 5.23. The van der Waals surface area contributed by atoms with E-state index in [1.54, 1.807) is 0 Å². The molecule has 1 aromatic rings. The van der Waals surface area contributed by atoms with Crippen LogP contribution in [0.15, 0.2) is 24.3 Å². The zero-order valence-electron chi connectivity index (χ0n) is 12.4. The van der Waals surface area contributed by atoms with Gasteiger partial charge in [0.15, 0.2) is 0 Å². The van der Waals surface area contributed by atoms with Crippen LogP contribution in [0.1, 0.15) is 45.2 Å². The molecule has 1 aromatic carbocycles. The molecule has 0 aliphatic carbocycles. The first-order valence-electron chi connectivity index (χ1n) is 7.19. The minimum Gasteiger partial charge on any atom is -0.491 e. The Morgan fingerprint density at radius 3 is 2.32 bits per heavy atom. The normalized spacial score (nSPS) is 12.7. The van der Waals surface area contributed by atoms with E-state index in [-0.39, 0.29) is 6.04 Å². The third-order valence-electron chi connectivity index (χ3n) is 3.08. The lowest BCUT2D eigenvalue weighted by Crippen LogP contribution is -2.10. The molecular weight excluding hydrogens is 238 g/mol. The lowest BCUT2D eigenvalue weighted by Gasteiger charge is -2.11. The second kappa shape index (κ2) is 8.94. The Balaban J connectivity index is 2.19. The summed E-state index contributed by atoms with van der Waals surface area (Å²) in [6.07, 6.45) is 2.05. The number of benzene rings is 1. The number of hydrogen-bond acceptors (Lipinski definition) is 3. The van der Waals surface area contributed by atoms with Gasteiger partial charge < -0.3 is 15.2 Å². The van der Waals surface area contributed by atoms with Crippen LogP contribution in [0.5, 0.6) is 5.75 Å². The Hall–Kier alpha value is -1.06. The summed E-state index contributed by atoms with van der Waals surface area (Å²) in [7, 11) is 0. The molecule has 19 heavy (non-hydrogen) atoms. The van der Waals surface area contributed by atoms with Crippen molar-refractivity contribution in [2.75, 3.05) is 19.8 Å². The molecule has 1 atom stereocenters. The molecule has 0 saturated carbocycles. The minimum absolute atomic E-state index is 0.119. The molecule has 0 aliphatic heterocycles. The Bertz CT molecular complexity index is 335. The fourth-order valence-electron chi connectivity index (χ4n) is 1.69. The van der Waals surface area contributed by atoms with Gasteiger partial charge in [-0.15, -0.1) is 0 Å². The first kappa shape index (κ1) is 16.0. The number of ether oxygens (including phenoxy) is 2. The van der Waals surface area contributed by atoms with Gasteiger partial charge in [-0.2, -0.15) is 0 Å². The summed E-state index contributed by atoms with van der Waals surface area (Å²) < 4.78 is 11.1. The van der Waals surface area contributed by atoms with Crippen molar-refractivity contribution >= 4 is 0 Å². The van der Waals surface area contributed by atoms with Crippen LogP contribution < -0.4 is 10.5 Å². The van der Waals surface area contributed by atoms with Crippen molar-refractivity contribution < 1.29 is 9.47 Å². The quantitative estimate of drug-likeness (QED) is 0.695. The Kier molecular flexibility index (Phi) is 7.53. The smallest absolute Gasteiger partial charge is 0.119 e. The van der Waals surface area contributed by atoms with E-state index in [1.807, 2.05) is 24.3 Å². The van der Waals surface area contributed by atoms with Crippen LogP contribution in [0, 0.1) is 5.92 Å². The van der Waals surface area contributed by atoms with E-state index >= 15 is 0 Å². The van der Waals surface area contributed by atoms with Crippen molar-refractivity contribution in [3.63, 3.8) is 0 Å². The molecule has 108 valence electrons. The average molecular weight is 265 g/mol. The molecule has 3 nitrogen and oxygen atoms in total. The molecule has 3 heteroatoms. The SMILES string of the molecule is CCC(N)c1ccc(OCCOCCC(C)C)cc1. The van der Waals surface area contributed by atoms with E-state index in [9.17, 15) is 0 Å². The van der Waals surface area contributed by atoms with Crippen molar-refractivity contribution in [3.8, 4) is 5.75 Å². The first-order valence-corrected chi connectivity index (χ1v) is 7.19. The van der Waals surface area contributed by atoms with Gasteiger partial charge in [0.2, 0.25) is 0 Å². The van der Waals surface area contributed by atoms with Gasteiger partial charge in [0, 0.05) is 12.6 Å². The van der Waals surface area contributed by atoms with Crippen LogP contribution in [-0.4, -0.2) is 19.8 Å². The summed E-state index contributed by atoms with van der Waals surface area (Å²) >= 11 is 0. The highest BCUT2D eigenvalue weighted by molar-refractivity contribution is 5.28. The molecule has 0 aliphatic rings. The molecule has 0 spiro atoms. The maximum atomic E-state index is 5.96. The highest BCUT2D eigenvalue weighted by atomic mass is 16.5. The first-order chi connectivity index (χ1) is 9.13. The van der Waals surface area contributed by atoms with E-state index < -0.39 is 0 Å². The number of nitrogens with two attached hydrogens (primary N) is 1. The molecule has 0 aromatic heterocycles. The molecule has 1 rings (SSSR count). The van der Waals surface area contributed by atoms with Crippen molar-refractivity contribution in [1.29, 1.82) is 0 Å². The maximum absolute atomic E-state index is 5.96. The topological polar surface area (TPSA) is 44.5 Å². The summed E-state index contributed by atoms with van der Waals surface area (Å²) in [6.45, 7) is 8.53. The molecule has 0 amide bonds. The molecule has 0 fully saturated rings. The zero-order valence-corrected chi connectivity index (χ0v) is 12.4. The number of rotatable bonds is 9. The Morgan fingerprint density at radius 2 is 1.74 bits per heavy atom. The summed E-state index contributed by atoms with van der Waals surface area (Å²) in [5, 5.41) is 0. The molecular formula is C16H27NO2. The van der Waals surface area contributed by atoms with Crippen molar-refractivity contribution in [1.82, 2.24) is 0 Å².